The lowest BCUT2D eigenvalue weighted by atomic mass is 9.82. The lowest BCUT2D eigenvalue weighted by Gasteiger charge is -2.36. The van der Waals surface area contributed by atoms with Crippen LogP contribution in [0.15, 0.2) is 0 Å². The molecule has 4 atom stereocenters. The summed E-state index contributed by atoms with van der Waals surface area (Å²) in [5.41, 5.74) is 0. The monoisotopic (exact) mass is 368 g/mol. The summed E-state index contributed by atoms with van der Waals surface area (Å²) in [4.78, 5) is 24.5. The van der Waals surface area contributed by atoms with Gasteiger partial charge in [0.2, 0.25) is 0 Å². The molecule has 3 fully saturated rings. The Morgan fingerprint density at radius 1 is 0.769 bits per heavy atom. The summed E-state index contributed by atoms with van der Waals surface area (Å²) in [6.45, 7) is 6.46. The second kappa shape index (κ2) is 9.18. The molecule has 6 nitrogen and oxygen atoms in total. The normalized spacial score (nSPS) is 36.5. The minimum Gasteiger partial charge on any atom is -0.465 e. The van der Waals surface area contributed by atoms with Crippen LogP contribution in [0.3, 0.4) is 0 Å². The fraction of sp³-hybridized carbons (Fsp3) is 0.900. The van der Waals surface area contributed by atoms with Gasteiger partial charge in [-0.1, -0.05) is 13.8 Å². The number of rotatable bonds is 8. The zero-order chi connectivity index (χ0) is 18.5. The van der Waals surface area contributed by atoms with Crippen molar-refractivity contribution < 1.29 is 28.5 Å². The maximum Gasteiger partial charge on any atom is 0.308 e. The minimum absolute atomic E-state index is 0.0791. The molecule has 0 N–H and O–H groups in total. The molecule has 148 valence electrons. The molecule has 1 aliphatic carbocycles. The maximum absolute atomic E-state index is 12.3. The fourth-order valence-electron chi connectivity index (χ4n) is 4.13. The summed E-state index contributed by atoms with van der Waals surface area (Å²) in [5.74, 6) is 0.302. The highest BCUT2D eigenvalue weighted by Crippen LogP contribution is 2.32. The van der Waals surface area contributed by atoms with E-state index in [0.29, 0.717) is 63.9 Å². The molecule has 0 aromatic rings. The van der Waals surface area contributed by atoms with E-state index < -0.39 is 0 Å². The topological polar surface area (TPSA) is 71.1 Å². The molecular weight excluding hydrogens is 336 g/mol. The Balaban J connectivity index is 1.31. The molecule has 2 heterocycles. The van der Waals surface area contributed by atoms with Crippen LogP contribution in [-0.2, 0) is 28.5 Å². The van der Waals surface area contributed by atoms with Crippen LogP contribution in [0, 0.1) is 23.7 Å². The maximum atomic E-state index is 12.3. The first kappa shape index (κ1) is 19.6. The molecule has 3 aliphatic rings. The predicted molar refractivity (Wildman–Crippen MR) is 94.4 cm³/mol. The van der Waals surface area contributed by atoms with Crippen LogP contribution in [0.1, 0.15) is 52.4 Å². The van der Waals surface area contributed by atoms with Gasteiger partial charge in [0.25, 0.3) is 0 Å². The number of carbonyl (C=O) groups excluding carboxylic acids is 2. The van der Waals surface area contributed by atoms with Crippen molar-refractivity contribution in [3.05, 3.63) is 0 Å². The van der Waals surface area contributed by atoms with Gasteiger partial charge in [-0.05, 0) is 38.5 Å². The smallest absolute Gasteiger partial charge is 0.308 e. The largest absolute Gasteiger partial charge is 0.465 e. The Labute approximate surface area is 155 Å². The summed E-state index contributed by atoms with van der Waals surface area (Å²) in [5, 5.41) is 0. The first-order valence-corrected chi connectivity index (χ1v) is 10.2. The fourth-order valence-corrected chi connectivity index (χ4v) is 4.13. The van der Waals surface area contributed by atoms with Crippen molar-refractivity contribution in [2.75, 3.05) is 26.4 Å². The van der Waals surface area contributed by atoms with E-state index in [1.165, 1.54) is 0 Å². The summed E-state index contributed by atoms with van der Waals surface area (Å²) >= 11 is 0. The third kappa shape index (κ3) is 4.58. The second-order valence-electron chi connectivity index (χ2n) is 7.89. The lowest BCUT2D eigenvalue weighted by Crippen LogP contribution is -2.43. The standard InChI is InChI=1S/C20H32O6/c1-3-17-15(9-23-17)11-25-19(21)13-5-7-14(8-6-13)20(22)26-12-16-10-24-18(16)4-2/h13-18H,3-12H2,1-2H3. The molecule has 0 spiro atoms. The number of hydrogen-bond acceptors (Lipinski definition) is 6. The van der Waals surface area contributed by atoms with Crippen LogP contribution in [0.2, 0.25) is 0 Å². The first-order valence-electron chi connectivity index (χ1n) is 10.2. The van der Waals surface area contributed by atoms with E-state index in [1.54, 1.807) is 0 Å². The lowest BCUT2D eigenvalue weighted by molar-refractivity contribution is -0.172. The average Bonchev–Trinajstić information content (AvgIpc) is 2.61. The van der Waals surface area contributed by atoms with Gasteiger partial charge < -0.3 is 18.9 Å². The van der Waals surface area contributed by atoms with Crippen molar-refractivity contribution in [1.29, 1.82) is 0 Å². The predicted octanol–water partition coefficient (Wildman–Crippen LogP) is 2.73. The Hall–Kier alpha value is -1.14. The number of hydrogen-bond donors (Lipinski definition) is 0. The van der Waals surface area contributed by atoms with Gasteiger partial charge in [0, 0.05) is 11.8 Å². The Morgan fingerprint density at radius 2 is 1.15 bits per heavy atom. The van der Waals surface area contributed by atoms with Gasteiger partial charge in [-0.2, -0.15) is 0 Å². The Kier molecular flexibility index (Phi) is 6.92. The van der Waals surface area contributed by atoms with Gasteiger partial charge in [-0.15, -0.1) is 0 Å². The molecular formula is C20H32O6. The van der Waals surface area contributed by atoms with E-state index in [0.717, 1.165) is 12.8 Å². The molecule has 2 saturated heterocycles. The van der Waals surface area contributed by atoms with Crippen molar-refractivity contribution in [3.63, 3.8) is 0 Å². The van der Waals surface area contributed by atoms with Gasteiger partial charge in [0.15, 0.2) is 0 Å². The van der Waals surface area contributed by atoms with Crippen LogP contribution in [-0.4, -0.2) is 50.6 Å². The van der Waals surface area contributed by atoms with Crippen molar-refractivity contribution in [2.24, 2.45) is 23.7 Å². The SMILES string of the molecule is CCC1OCC1COC(=O)C1CCC(C(=O)OCC2COC2CC)CC1. The summed E-state index contributed by atoms with van der Waals surface area (Å²) < 4.78 is 21.8. The number of esters is 2. The molecule has 0 aromatic heterocycles. The quantitative estimate of drug-likeness (QED) is 0.614. The average molecular weight is 368 g/mol. The van der Waals surface area contributed by atoms with Gasteiger partial charge in [-0.3, -0.25) is 9.59 Å². The molecule has 1 saturated carbocycles. The van der Waals surface area contributed by atoms with E-state index >= 15 is 0 Å². The Bertz CT molecular complexity index is 437. The number of carbonyl (C=O) groups is 2. The highest BCUT2D eigenvalue weighted by Gasteiger charge is 2.36. The van der Waals surface area contributed by atoms with Crippen molar-refractivity contribution in [3.8, 4) is 0 Å². The Morgan fingerprint density at radius 3 is 1.42 bits per heavy atom. The summed E-state index contributed by atoms with van der Waals surface area (Å²) in [6.07, 6.45) is 5.23. The first-order chi connectivity index (χ1) is 12.6. The third-order valence-electron chi connectivity index (χ3n) is 6.18. The van der Waals surface area contributed by atoms with Crippen LogP contribution in [0.5, 0.6) is 0 Å². The van der Waals surface area contributed by atoms with E-state index in [-0.39, 0.29) is 36.0 Å². The zero-order valence-corrected chi connectivity index (χ0v) is 16.0. The summed E-state index contributed by atoms with van der Waals surface area (Å²) in [6, 6.07) is 0. The zero-order valence-electron chi connectivity index (χ0n) is 16.0. The number of ether oxygens (including phenoxy) is 4. The molecule has 4 unspecified atom stereocenters. The van der Waals surface area contributed by atoms with Crippen molar-refractivity contribution in [2.45, 2.75) is 64.6 Å². The van der Waals surface area contributed by atoms with Gasteiger partial charge in [-0.25, -0.2) is 0 Å². The van der Waals surface area contributed by atoms with Crippen LogP contribution >= 0.6 is 0 Å². The van der Waals surface area contributed by atoms with Crippen molar-refractivity contribution >= 4 is 11.9 Å². The molecule has 0 aromatic carbocycles. The molecule has 2 aliphatic heterocycles. The van der Waals surface area contributed by atoms with E-state index in [2.05, 4.69) is 13.8 Å². The molecule has 26 heavy (non-hydrogen) atoms. The van der Waals surface area contributed by atoms with Crippen LogP contribution in [0.4, 0.5) is 0 Å². The molecule has 6 heteroatoms. The third-order valence-corrected chi connectivity index (χ3v) is 6.18. The second-order valence-corrected chi connectivity index (χ2v) is 7.89. The highest BCUT2D eigenvalue weighted by atomic mass is 16.6. The molecule has 3 rings (SSSR count). The van der Waals surface area contributed by atoms with Gasteiger partial charge in [0.1, 0.15) is 0 Å². The van der Waals surface area contributed by atoms with E-state index in [1.807, 2.05) is 0 Å². The molecule has 0 amide bonds. The molecule has 0 bridgehead atoms. The van der Waals surface area contributed by atoms with Crippen LogP contribution < -0.4 is 0 Å². The van der Waals surface area contributed by atoms with E-state index in [4.69, 9.17) is 18.9 Å². The van der Waals surface area contributed by atoms with Crippen LogP contribution in [0.25, 0.3) is 0 Å². The van der Waals surface area contributed by atoms with Crippen molar-refractivity contribution in [1.82, 2.24) is 0 Å². The van der Waals surface area contributed by atoms with Gasteiger partial charge in [0.05, 0.1) is 50.5 Å². The minimum atomic E-state index is -0.115. The highest BCUT2D eigenvalue weighted by molar-refractivity contribution is 5.75. The van der Waals surface area contributed by atoms with E-state index in [9.17, 15) is 9.59 Å². The molecule has 0 radical (unpaired) electrons. The van der Waals surface area contributed by atoms with Gasteiger partial charge >= 0.3 is 11.9 Å². The summed E-state index contributed by atoms with van der Waals surface area (Å²) in [7, 11) is 0.